The topological polar surface area (TPSA) is 49.3 Å². The Morgan fingerprint density at radius 2 is 2.36 bits per heavy atom. The highest BCUT2D eigenvalue weighted by Gasteiger charge is 2.37. The zero-order valence-electron chi connectivity index (χ0n) is 9.34. The van der Waals surface area contributed by atoms with Crippen molar-refractivity contribution in [2.24, 2.45) is 5.92 Å². The minimum absolute atomic E-state index is 0.0476. The van der Waals surface area contributed by atoms with Crippen LogP contribution in [0.25, 0.3) is 0 Å². The number of nitrogens with one attached hydrogen (secondary N) is 1. The fraction of sp³-hybridized carbons (Fsp3) is 0.909. The monoisotopic (exact) mass is 199 g/mol. The van der Waals surface area contributed by atoms with Crippen LogP contribution in [-0.4, -0.2) is 22.7 Å². The van der Waals surface area contributed by atoms with Gasteiger partial charge in [0.05, 0.1) is 11.6 Å². The number of hydrogen-bond acceptors (Lipinski definition) is 2. The summed E-state index contributed by atoms with van der Waals surface area (Å²) in [6.07, 6.45) is 3.53. The predicted octanol–water partition coefficient (Wildman–Crippen LogP) is 1.45. The van der Waals surface area contributed by atoms with Crippen LogP contribution in [0.3, 0.4) is 0 Å². The number of hydrogen-bond donors (Lipinski definition) is 2. The molecule has 0 aromatic carbocycles. The summed E-state index contributed by atoms with van der Waals surface area (Å²) in [5.41, 5.74) is -0.705. The van der Waals surface area contributed by atoms with Gasteiger partial charge in [-0.25, -0.2) is 0 Å². The van der Waals surface area contributed by atoms with Crippen LogP contribution in [0.5, 0.6) is 0 Å². The Morgan fingerprint density at radius 1 is 1.71 bits per heavy atom. The van der Waals surface area contributed by atoms with Gasteiger partial charge in [-0.15, -0.1) is 0 Å². The van der Waals surface area contributed by atoms with E-state index in [-0.39, 0.29) is 17.9 Å². The van der Waals surface area contributed by atoms with E-state index >= 15 is 0 Å². The van der Waals surface area contributed by atoms with Crippen LogP contribution >= 0.6 is 0 Å². The molecule has 0 aromatic rings. The smallest absolute Gasteiger partial charge is 0.223 e. The van der Waals surface area contributed by atoms with Crippen molar-refractivity contribution in [1.82, 2.24) is 5.32 Å². The maximum atomic E-state index is 11.6. The van der Waals surface area contributed by atoms with Gasteiger partial charge in [-0.05, 0) is 32.6 Å². The minimum Gasteiger partial charge on any atom is -0.388 e. The predicted molar refractivity (Wildman–Crippen MR) is 55.9 cm³/mol. The van der Waals surface area contributed by atoms with Gasteiger partial charge in [-0.3, -0.25) is 4.79 Å². The standard InChI is InChI=1S/C11H21NO2/c1-4-8(2)10(13)12-9-6-5-7-11(9,3)14/h8-9,14H,4-7H2,1-3H3,(H,12,13). The lowest BCUT2D eigenvalue weighted by Crippen LogP contribution is -2.48. The summed E-state index contributed by atoms with van der Waals surface area (Å²) in [6, 6.07) is -0.0519. The molecule has 0 saturated heterocycles. The van der Waals surface area contributed by atoms with Crippen molar-refractivity contribution in [3.05, 3.63) is 0 Å². The average molecular weight is 199 g/mol. The number of rotatable bonds is 3. The molecule has 0 aliphatic heterocycles. The van der Waals surface area contributed by atoms with Gasteiger partial charge in [0, 0.05) is 5.92 Å². The Kier molecular flexibility index (Phi) is 3.53. The van der Waals surface area contributed by atoms with Gasteiger partial charge in [0.1, 0.15) is 0 Å². The first-order valence-corrected chi connectivity index (χ1v) is 5.50. The third kappa shape index (κ3) is 2.47. The molecule has 3 heteroatoms. The zero-order chi connectivity index (χ0) is 10.8. The summed E-state index contributed by atoms with van der Waals surface area (Å²) in [6.45, 7) is 5.72. The van der Waals surface area contributed by atoms with E-state index in [0.29, 0.717) is 0 Å². The molecule has 0 spiro atoms. The third-order valence-corrected chi connectivity index (χ3v) is 3.30. The molecule has 1 fully saturated rings. The molecule has 1 rings (SSSR count). The van der Waals surface area contributed by atoms with Gasteiger partial charge in [-0.2, -0.15) is 0 Å². The largest absolute Gasteiger partial charge is 0.388 e. The second-order valence-electron chi connectivity index (χ2n) is 4.62. The average Bonchev–Trinajstić information content (AvgIpc) is 2.44. The highest BCUT2D eigenvalue weighted by Crippen LogP contribution is 2.29. The van der Waals surface area contributed by atoms with Crippen LogP contribution in [-0.2, 0) is 4.79 Å². The van der Waals surface area contributed by atoms with E-state index in [1.807, 2.05) is 20.8 Å². The van der Waals surface area contributed by atoms with Gasteiger partial charge in [0.2, 0.25) is 5.91 Å². The molecule has 1 amide bonds. The lowest BCUT2D eigenvalue weighted by atomic mass is 9.99. The molecule has 0 bridgehead atoms. The van der Waals surface area contributed by atoms with E-state index in [9.17, 15) is 9.90 Å². The maximum absolute atomic E-state index is 11.6. The highest BCUT2D eigenvalue weighted by atomic mass is 16.3. The molecular formula is C11H21NO2. The van der Waals surface area contributed by atoms with Crippen molar-refractivity contribution >= 4 is 5.91 Å². The molecular weight excluding hydrogens is 178 g/mol. The molecule has 1 saturated carbocycles. The van der Waals surface area contributed by atoms with Gasteiger partial charge in [0.15, 0.2) is 0 Å². The summed E-state index contributed by atoms with van der Waals surface area (Å²) < 4.78 is 0. The van der Waals surface area contributed by atoms with Crippen molar-refractivity contribution in [3.8, 4) is 0 Å². The molecule has 1 aliphatic rings. The number of carbonyl (C=O) groups excluding carboxylic acids is 1. The Hall–Kier alpha value is -0.570. The summed E-state index contributed by atoms with van der Waals surface area (Å²) >= 11 is 0. The molecule has 0 aromatic heterocycles. The molecule has 1 aliphatic carbocycles. The fourth-order valence-corrected chi connectivity index (χ4v) is 1.88. The molecule has 82 valence electrons. The fourth-order valence-electron chi connectivity index (χ4n) is 1.88. The molecule has 2 N–H and O–H groups in total. The van der Waals surface area contributed by atoms with Crippen LogP contribution in [0.1, 0.15) is 46.5 Å². The lowest BCUT2D eigenvalue weighted by molar-refractivity contribution is -0.126. The molecule has 14 heavy (non-hydrogen) atoms. The first-order valence-electron chi connectivity index (χ1n) is 5.50. The van der Waals surface area contributed by atoms with E-state index in [0.717, 1.165) is 25.7 Å². The summed E-state index contributed by atoms with van der Waals surface area (Å²) in [5, 5.41) is 12.9. The molecule has 3 atom stereocenters. The van der Waals surface area contributed by atoms with Gasteiger partial charge >= 0.3 is 0 Å². The van der Waals surface area contributed by atoms with E-state index in [2.05, 4.69) is 5.32 Å². The first kappa shape index (κ1) is 11.5. The number of amides is 1. The van der Waals surface area contributed by atoms with Crippen LogP contribution in [0, 0.1) is 5.92 Å². The van der Waals surface area contributed by atoms with Crippen molar-refractivity contribution in [2.75, 3.05) is 0 Å². The Labute approximate surface area is 85.9 Å². The van der Waals surface area contributed by atoms with Crippen molar-refractivity contribution < 1.29 is 9.90 Å². The van der Waals surface area contributed by atoms with Crippen molar-refractivity contribution in [1.29, 1.82) is 0 Å². The van der Waals surface area contributed by atoms with E-state index < -0.39 is 5.60 Å². The second kappa shape index (κ2) is 4.30. The third-order valence-electron chi connectivity index (χ3n) is 3.30. The second-order valence-corrected chi connectivity index (χ2v) is 4.62. The summed E-state index contributed by atoms with van der Waals surface area (Å²) in [4.78, 5) is 11.6. The minimum atomic E-state index is -0.705. The molecule has 0 radical (unpaired) electrons. The SMILES string of the molecule is CCC(C)C(=O)NC1CCCC1(C)O. The van der Waals surface area contributed by atoms with Crippen molar-refractivity contribution in [3.63, 3.8) is 0 Å². The van der Waals surface area contributed by atoms with Crippen LogP contribution in [0.2, 0.25) is 0 Å². The Morgan fingerprint density at radius 3 is 2.79 bits per heavy atom. The quantitative estimate of drug-likeness (QED) is 0.723. The van der Waals surface area contributed by atoms with Gasteiger partial charge < -0.3 is 10.4 Å². The van der Waals surface area contributed by atoms with E-state index in [1.54, 1.807) is 0 Å². The van der Waals surface area contributed by atoms with E-state index in [4.69, 9.17) is 0 Å². The first-order chi connectivity index (χ1) is 6.47. The Bertz CT molecular complexity index is 213. The maximum Gasteiger partial charge on any atom is 0.223 e. The molecule has 0 heterocycles. The van der Waals surface area contributed by atoms with Gasteiger partial charge in [-0.1, -0.05) is 13.8 Å². The lowest BCUT2D eigenvalue weighted by Gasteiger charge is -2.27. The normalized spacial score (nSPS) is 34.1. The van der Waals surface area contributed by atoms with E-state index in [1.165, 1.54) is 0 Å². The highest BCUT2D eigenvalue weighted by molar-refractivity contribution is 5.78. The van der Waals surface area contributed by atoms with Crippen LogP contribution < -0.4 is 5.32 Å². The van der Waals surface area contributed by atoms with Crippen LogP contribution in [0.15, 0.2) is 0 Å². The number of aliphatic hydroxyl groups is 1. The summed E-state index contributed by atoms with van der Waals surface area (Å²) in [5.74, 6) is 0.117. The summed E-state index contributed by atoms with van der Waals surface area (Å²) in [7, 11) is 0. The van der Waals surface area contributed by atoms with Crippen LogP contribution in [0.4, 0.5) is 0 Å². The van der Waals surface area contributed by atoms with Gasteiger partial charge in [0.25, 0.3) is 0 Å². The molecule has 3 unspecified atom stereocenters. The van der Waals surface area contributed by atoms with Crippen molar-refractivity contribution in [2.45, 2.75) is 58.1 Å². The zero-order valence-corrected chi connectivity index (χ0v) is 9.34. The molecule has 3 nitrogen and oxygen atoms in total. The number of carbonyl (C=O) groups is 1. The Balaban J connectivity index is 2.48.